The molecule has 0 bridgehead atoms. The molecule has 3 amide bonds. The third kappa shape index (κ3) is 1.85. The van der Waals surface area contributed by atoms with Crippen molar-refractivity contribution in [2.75, 3.05) is 4.90 Å². The molecule has 120 valence electrons. The number of para-hydroxylation sites is 1. The Morgan fingerprint density at radius 3 is 2.71 bits per heavy atom. The number of nitrogens with one attached hydrogen (secondary N) is 1. The quantitative estimate of drug-likeness (QED) is 0.753. The Kier molecular flexibility index (Phi) is 3.05. The molecule has 2 aliphatic rings. The number of benzene rings is 2. The summed E-state index contributed by atoms with van der Waals surface area (Å²) in [6.45, 7) is 1.29. The zero-order chi connectivity index (χ0) is 17.1. The minimum absolute atomic E-state index is 0.297. The number of rotatable bonds is 0. The lowest BCUT2D eigenvalue weighted by molar-refractivity contribution is -0.138. The molecule has 2 heterocycles. The monoisotopic (exact) mass is 386 g/mol. The molecule has 0 aliphatic carbocycles. The largest absolute Gasteiger partial charge is 0.453 e. The van der Waals surface area contributed by atoms with Crippen molar-refractivity contribution >= 4 is 39.3 Å². The van der Waals surface area contributed by atoms with Gasteiger partial charge in [0.05, 0.1) is 16.8 Å². The molecule has 0 radical (unpaired) electrons. The normalized spacial score (nSPS) is 21.2. The maximum Gasteiger partial charge on any atom is 0.304 e. The molecule has 1 spiro atoms. The van der Waals surface area contributed by atoms with Gasteiger partial charge in [-0.1, -0.05) is 28.1 Å². The fraction of sp³-hybridized carbons (Fsp3) is 0.118. The van der Waals surface area contributed by atoms with Crippen LogP contribution in [-0.4, -0.2) is 17.7 Å². The number of carbonyl (C=O) groups is 3. The number of hydrogen-bond acceptors (Lipinski definition) is 4. The standard InChI is InChI=1S/C17H11BrN2O4/c1-9(21)20-13-7-6-10(18)8-12(13)17(16(20)23)19-15(22)11-4-2-3-5-14(11)24-17/h2-8H,1H3,(H,19,22). The molecule has 1 N–H and O–H groups in total. The molecule has 1 atom stereocenters. The van der Waals surface area contributed by atoms with E-state index in [-0.39, 0.29) is 0 Å². The number of imide groups is 1. The maximum atomic E-state index is 13.0. The van der Waals surface area contributed by atoms with Gasteiger partial charge in [0.15, 0.2) is 0 Å². The molecular weight excluding hydrogens is 376 g/mol. The first-order chi connectivity index (χ1) is 11.4. The van der Waals surface area contributed by atoms with E-state index in [4.69, 9.17) is 4.74 Å². The van der Waals surface area contributed by atoms with Gasteiger partial charge >= 0.3 is 5.91 Å². The molecule has 0 fully saturated rings. The van der Waals surface area contributed by atoms with E-state index in [9.17, 15) is 14.4 Å². The van der Waals surface area contributed by atoms with E-state index >= 15 is 0 Å². The Morgan fingerprint density at radius 1 is 1.21 bits per heavy atom. The minimum Gasteiger partial charge on any atom is -0.453 e. The van der Waals surface area contributed by atoms with Crippen LogP contribution in [0.15, 0.2) is 46.9 Å². The highest BCUT2D eigenvalue weighted by Gasteiger charge is 2.58. The Morgan fingerprint density at radius 2 is 1.96 bits per heavy atom. The molecule has 7 heteroatoms. The third-order valence-corrected chi connectivity index (χ3v) is 4.58. The molecule has 2 aromatic carbocycles. The van der Waals surface area contributed by atoms with Crippen LogP contribution in [0.25, 0.3) is 0 Å². The summed E-state index contributed by atoms with van der Waals surface area (Å²) in [6.07, 6.45) is 0. The fourth-order valence-corrected chi connectivity index (χ4v) is 3.42. The lowest BCUT2D eigenvalue weighted by Crippen LogP contribution is -2.59. The second-order valence-corrected chi connectivity index (χ2v) is 6.47. The van der Waals surface area contributed by atoms with Crippen LogP contribution in [0.1, 0.15) is 22.8 Å². The number of amides is 3. The highest BCUT2D eigenvalue weighted by molar-refractivity contribution is 9.10. The molecule has 0 saturated heterocycles. The van der Waals surface area contributed by atoms with Crippen molar-refractivity contribution < 1.29 is 19.1 Å². The summed E-state index contributed by atoms with van der Waals surface area (Å²) in [7, 11) is 0. The van der Waals surface area contributed by atoms with Crippen LogP contribution in [0.3, 0.4) is 0 Å². The molecule has 2 aromatic rings. The predicted octanol–water partition coefficient (Wildman–Crippen LogP) is 2.32. The zero-order valence-corrected chi connectivity index (χ0v) is 14.1. The van der Waals surface area contributed by atoms with Gasteiger partial charge in [-0.25, -0.2) is 4.90 Å². The first-order valence-corrected chi connectivity index (χ1v) is 7.99. The van der Waals surface area contributed by atoms with Crippen molar-refractivity contribution in [3.8, 4) is 5.75 Å². The number of carbonyl (C=O) groups excluding carboxylic acids is 3. The number of ether oxygens (including phenoxy) is 1. The van der Waals surface area contributed by atoms with Crippen LogP contribution in [-0.2, 0) is 15.3 Å². The number of nitrogens with zero attached hydrogens (tertiary/aromatic N) is 1. The number of fused-ring (bicyclic) bond motifs is 3. The molecule has 0 saturated carbocycles. The van der Waals surface area contributed by atoms with Crippen LogP contribution >= 0.6 is 15.9 Å². The second kappa shape index (κ2) is 4.91. The second-order valence-electron chi connectivity index (χ2n) is 5.55. The van der Waals surface area contributed by atoms with Crippen molar-refractivity contribution in [2.45, 2.75) is 12.6 Å². The molecule has 6 nitrogen and oxygen atoms in total. The lowest BCUT2D eigenvalue weighted by atomic mass is 10.0. The van der Waals surface area contributed by atoms with Gasteiger partial charge in [-0.3, -0.25) is 14.4 Å². The third-order valence-electron chi connectivity index (χ3n) is 4.08. The summed E-state index contributed by atoms with van der Waals surface area (Å²) >= 11 is 3.36. The SMILES string of the molecule is CC(=O)N1C(=O)C2(NC(=O)c3ccccc3O2)c2cc(Br)ccc21. The van der Waals surface area contributed by atoms with Crippen LogP contribution < -0.4 is 15.0 Å². The van der Waals surface area contributed by atoms with E-state index in [2.05, 4.69) is 21.2 Å². The average molecular weight is 387 g/mol. The van der Waals surface area contributed by atoms with Gasteiger partial charge in [0, 0.05) is 11.4 Å². The molecule has 2 aliphatic heterocycles. The van der Waals surface area contributed by atoms with Crippen molar-refractivity contribution in [1.82, 2.24) is 5.32 Å². The van der Waals surface area contributed by atoms with E-state index in [1.54, 1.807) is 42.5 Å². The minimum atomic E-state index is -1.74. The van der Waals surface area contributed by atoms with Gasteiger partial charge in [-0.05, 0) is 30.3 Å². The Bertz CT molecular complexity index is 927. The number of hydrogen-bond donors (Lipinski definition) is 1. The lowest BCUT2D eigenvalue weighted by Gasteiger charge is -2.34. The summed E-state index contributed by atoms with van der Waals surface area (Å²) in [6, 6.07) is 11.7. The van der Waals surface area contributed by atoms with E-state index in [0.29, 0.717) is 27.0 Å². The molecule has 1 unspecified atom stereocenters. The highest BCUT2D eigenvalue weighted by atomic mass is 79.9. The Balaban J connectivity index is 1.96. The Labute approximate surface area is 145 Å². The van der Waals surface area contributed by atoms with Gasteiger partial charge in [-0.15, -0.1) is 0 Å². The summed E-state index contributed by atoms with van der Waals surface area (Å²) in [4.78, 5) is 38.5. The van der Waals surface area contributed by atoms with Crippen molar-refractivity contribution in [2.24, 2.45) is 0 Å². The van der Waals surface area contributed by atoms with Gasteiger partial charge in [0.1, 0.15) is 5.75 Å². The fourth-order valence-electron chi connectivity index (χ4n) is 3.06. The van der Waals surface area contributed by atoms with E-state index in [1.807, 2.05) is 0 Å². The number of halogens is 1. The maximum absolute atomic E-state index is 13.0. The van der Waals surface area contributed by atoms with Gasteiger partial charge < -0.3 is 10.1 Å². The summed E-state index contributed by atoms with van der Waals surface area (Å²) in [5.41, 5.74) is -0.583. The number of anilines is 1. The summed E-state index contributed by atoms with van der Waals surface area (Å²) in [5, 5.41) is 2.64. The van der Waals surface area contributed by atoms with Gasteiger partial charge in [0.25, 0.3) is 11.6 Å². The first-order valence-electron chi connectivity index (χ1n) is 7.20. The van der Waals surface area contributed by atoms with Crippen molar-refractivity contribution in [3.63, 3.8) is 0 Å². The topological polar surface area (TPSA) is 75.7 Å². The van der Waals surface area contributed by atoms with Gasteiger partial charge in [0.2, 0.25) is 5.91 Å². The first kappa shape index (κ1) is 14.9. The molecule has 0 aromatic heterocycles. The van der Waals surface area contributed by atoms with E-state index in [1.165, 1.54) is 6.92 Å². The van der Waals surface area contributed by atoms with E-state index in [0.717, 1.165) is 4.90 Å². The van der Waals surface area contributed by atoms with Crippen LogP contribution in [0.4, 0.5) is 5.69 Å². The Hall–Kier alpha value is -2.67. The van der Waals surface area contributed by atoms with E-state index < -0.39 is 23.4 Å². The summed E-state index contributed by atoms with van der Waals surface area (Å²) < 4.78 is 6.63. The van der Waals surface area contributed by atoms with Crippen molar-refractivity contribution in [1.29, 1.82) is 0 Å². The summed E-state index contributed by atoms with van der Waals surface area (Å²) in [5.74, 6) is -1.21. The van der Waals surface area contributed by atoms with Crippen LogP contribution in [0, 0.1) is 0 Å². The van der Waals surface area contributed by atoms with Gasteiger partial charge in [-0.2, -0.15) is 0 Å². The molecule has 24 heavy (non-hydrogen) atoms. The smallest absolute Gasteiger partial charge is 0.304 e. The van der Waals surface area contributed by atoms with Crippen molar-refractivity contribution in [3.05, 3.63) is 58.1 Å². The zero-order valence-electron chi connectivity index (χ0n) is 12.5. The van der Waals surface area contributed by atoms with Crippen LogP contribution in [0.5, 0.6) is 5.75 Å². The predicted molar refractivity (Wildman–Crippen MR) is 88.5 cm³/mol. The van der Waals surface area contributed by atoms with Crippen LogP contribution in [0.2, 0.25) is 0 Å². The molecule has 4 rings (SSSR count). The average Bonchev–Trinajstić information content (AvgIpc) is 2.76. The highest BCUT2D eigenvalue weighted by Crippen LogP contribution is 2.45. The molecular formula is C17H11BrN2O4.